The molecule has 1 N–H and O–H groups in total. The molecule has 0 saturated heterocycles. The van der Waals surface area contributed by atoms with Crippen LogP contribution in [-0.4, -0.2) is 9.97 Å². The van der Waals surface area contributed by atoms with E-state index in [-0.39, 0.29) is 0 Å². The Bertz CT molecular complexity index is 1140. The highest BCUT2D eigenvalue weighted by atomic mass is 79.9. The largest absolute Gasteiger partial charge is 0.339 e. The van der Waals surface area contributed by atoms with E-state index in [2.05, 4.69) is 95.3 Å². The Hall–Kier alpha value is -2.24. The van der Waals surface area contributed by atoms with Crippen molar-refractivity contribution < 1.29 is 0 Å². The molecular formula is C23H22BrN3S. The highest BCUT2D eigenvalue weighted by Crippen LogP contribution is 2.42. The second-order valence-electron chi connectivity index (χ2n) is 7.06. The fourth-order valence-corrected chi connectivity index (χ4v) is 5.11. The predicted molar refractivity (Wildman–Crippen MR) is 124 cm³/mol. The number of hydrogen-bond donors (Lipinski definition) is 1. The van der Waals surface area contributed by atoms with Crippen molar-refractivity contribution in [2.45, 2.75) is 34.1 Å². The number of halogens is 1. The van der Waals surface area contributed by atoms with Crippen LogP contribution in [0.25, 0.3) is 21.3 Å². The van der Waals surface area contributed by atoms with Crippen LogP contribution in [0.4, 0.5) is 11.5 Å². The van der Waals surface area contributed by atoms with Crippen LogP contribution in [0.15, 0.2) is 47.2 Å². The Balaban J connectivity index is 1.93. The highest BCUT2D eigenvalue weighted by Gasteiger charge is 2.19. The fourth-order valence-electron chi connectivity index (χ4n) is 3.74. The van der Waals surface area contributed by atoms with E-state index in [1.807, 2.05) is 0 Å². The summed E-state index contributed by atoms with van der Waals surface area (Å²) in [6, 6.07) is 12.9. The first-order valence-corrected chi connectivity index (χ1v) is 11.0. The van der Waals surface area contributed by atoms with Gasteiger partial charge in [-0.25, -0.2) is 9.97 Å². The molecule has 2 aromatic carbocycles. The van der Waals surface area contributed by atoms with Gasteiger partial charge in [0.15, 0.2) is 0 Å². The maximum absolute atomic E-state index is 4.63. The Morgan fingerprint density at radius 1 is 1.00 bits per heavy atom. The molecule has 0 aliphatic heterocycles. The molecular weight excluding hydrogens is 430 g/mol. The molecule has 0 spiro atoms. The maximum atomic E-state index is 4.63. The minimum atomic E-state index is 0.869. The average molecular weight is 452 g/mol. The van der Waals surface area contributed by atoms with Crippen LogP contribution in [0.2, 0.25) is 0 Å². The lowest BCUT2D eigenvalue weighted by atomic mass is 10.0. The standard InChI is InChI=1S/C23H22BrN3S/c1-5-18-19(16-6-8-17(24)9-7-16)20-22(25-12-26-23(20)28-18)27-21-14(3)10-13(2)11-15(21)4/h6-12H,5H2,1-4H3,(H,25,26,27). The number of aryl methyl sites for hydroxylation is 4. The number of anilines is 2. The van der Waals surface area contributed by atoms with E-state index >= 15 is 0 Å². The molecule has 0 fully saturated rings. The van der Waals surface area contributed by atoms with E-state index in [4.69, 9.17) is 0 Å². The van der Waals surface area contributed by atoms with Crippen molar-refractivity contribution in [2.75, 3.05) is 5.32 Å². The normalized spacial score (nSPS) is 11.2. The van der Waals surface area contributed by atoms with Gasteiger partial charge >= 0.3 is 0 Å². The number of rotatable bonds is 4. The summed E-state index contributed by atoms with van der Waals surface area (Å²) in [6.45, 7) is 8.61. The number of nitrogens with zero attached hydrogens (tertiary/aromatic N) is 2. The van der Waals surface area contributed by atoms with E-state index in [1.54, 1.807) is 17.7 Å². The lowest BCUT2D eigenvalue weighted by Crippen LogP contribution is -2.00. The van der Waals surface area contributed by atoms with Crippen molar-refractivity contribution in [3.8, 4) is 11.1 Å². The molecule has 2 aromatic heterocycles. The maximum Gasteiger partial charge on any atom is 0.143 e. The lowest BCUT2D eigenvalue weighted by Gasteiger charge is -2.15. The molecule has 0 atom stereocenters. The van der Waals surface area contributed by atoms with Crippen molar-refractivity contribution in [1.29, 1.82) is 0 Å². The van der Waals surface area contributed by atoms with Gasteiger partial charge in [-0.05, 0) is 56.0 Å². The third-order valence-electron chi connectivity index (χ3n) is 4.94. The van der Waals surface area contributed by atoms with Crippen molar-refractivity contribution in [2.24, 2.45) is 0 Å². The van der Waals surface area contributed by atoms with Crippen LogP contribution in [-0.2, 0) is 6.42 Å². The van der Waals surface area contributed by atoms with E-state index < -0.39 is 0 Å². The molecule has 5 heteroatoms. The quantitative estimate of drug-likeness (QED) is 0.352. The zero-order chi connectivity index (χ0) is 19.8. The van der Waals surface area contributed by atoms with Gasteiger partial charge in [-0.15, -0.1) is 11.3 Å². The molecule has 0 bridgehead atoms. The summed E-state index contributed by atoms with van der Waals surface area (Å²) in [5.74, 6) is 0.869. The van der Waals surface area contributed by atoms with Crippen molar-refractivity contribution in [3.05, 3.63) is 68.8 Å². The summed E-state index contributed by atoms with van der Waals surface area (Å²) in [6.07, 6.45) is 2.62. The Morgan fingerprint density at radius 3 is 2.32 bits per heavy atom. The molecule has 3 nitrogen and oxygen atoms in total. The van der Waals surface area contributed by atoms with Gasteiger partial charge in [0.1, 0.15) is 17.0 Å². The first-order valence-electron chi connectivity index (χ1n) is 9.35. The fraction of sp³-hybridized carbons (Fsp3) is 0.217. The van der Waals surface area contributed by atoms with Gasteiger partial charge in [-0.1, -0.05) is 52.7 Å². The van der Waals surface area contributed by atoms with Crippen LogP contribution >= 0.6 is 27.3 Å². The van der Waals surface area contributed by atoms with Gasteiger partial charge in [0.25, 0.3) is 0 Å². The Morgan fingerprint density at radius 2 is 1.68 bits per heavy atom. The summed E-state index contributed by atoms with van der Waals surface area (Å²) in [7, 11) is 0. The Labute approximate surface area is 178 Å². The van der Waals surface area contributed by atoms with Crippen LogP contribution in [0.3, 0.4) is 0 Å². The molecule has 0 aliphatic carbocycles. The van der Waals surface area contributed by atoms with Gasteiger partial charge < -0.3 is 5.32 Å². The number of fused-ring (bicyclic) bond motifs is 1. The average Bonchev–Trinajstić information content (AvgIpc) is 3.04. The molecule has 28 heavy (non-hydrogen) atoms. The highest BCUT2D eigenvalue weighted by molar-refractivity contribution is 9.10. The van der Waals surface area contributed by atoms with Gasteiger partial charge in [-0.3, -0.25) is 0 Å². The van der Waals surface area contributed by atoms with E-state index in [0.29, 0.717) is 0 Å². The van der Waals surface area contributed by atoms with Crippen molar-refractivity contribution in [1.82, 2.24) is 9.97 Å². The minimum Gasteiger partial charge on any atom is -0.339 e. The van der Waals surface area contributed by atoms with E-state index in [0.717, 1.165) is 32.6 Å². The molecule has 142 valence electrons. The summed E-state index contributed by atoms with van der Waals surface area (Å²) < 4.78 is 1.08. The third-order valence-corrected chi connectivity index (χ3v) is 6.71. The molecule has 4 aromatic rings. The number of hydrogen-bond acceptors (Lipinski definition) is 4. The summed E-state index contributed by atoms with van der Waals surface area (Å²) in [5, 5.41) is 4.72. The van der Waals surface area contributed by atoms with Crippen LogP contribution in [0, 0.1) is 20.8 Å². The molecule has 2 heterocycles. The molecule has 0 unspecified atom stereocenters. The SMILES string of the molecule is CCc1sc2ncnc(Nc3c(C)cc(C)cc3C)c2c1-c1ccc(Br)cc1. The van der Waals surface area contributed by atoms with Gasteiger partial charge in [0, 0.05) is 20.6 Å². The van der Waals surface area contributed by atoms with Gasteiger partial charge in [-0.2, -0.15) is 0 Å². The van der Waals surface area contributed by atoms with Crippen LogP contribution < -0.4 is 5.32 Å². The van der Waals surface area contributed by atoms with E-state index in [1.165, 1.54) is 32.7 Å². The number of benzene rings is 2. The first kappa shape index (κ1) is 19.1. The Kier molecular flexibility index (Phi) is 5.21. The smallest absolute Gasteiger partial charge is 0.143 e. The van der Waals surface area contributed by atoms with Crippen molar-refractivity contribution in [3.63, 3.8) is 0 Å². The lowest BCUT2D eigenvalue weighted by molar-refractivity contribution is 1.19. The van der Waals surface area contributed by atoms with Crippen LogP contribution in [0.1, 0.15) is 28.5 Å². The summed E-state index contributed by atoms with van der Waals surface area (Å²) in [4.78, 5) is 11.6. The summed E-state index contributed by atoms with van der Waals surface area (Å²) in [5.41, 5.74) is 7.27. The monoisotopic (exact) mass is 451 g/mol. The van der Waals surface area contributed by atoms with Crippen molar-refractivity contribution >= 4 is 49.0 Å². The first-order chi connectivity index (χ1) is 13.5. The summed E-state index contributed by atoms with van der Waals surface area (Å²) >= 11 is 5.30. The van der Waals surface area contributed by atoms with Gasteiger partial charge in [0.2, 0.25) is 0 Å². The number of thiophene rings is 1. The number of aromatic nitrogens is 2. The number of nitrogens with one attached hydrogen (secondary N) is 1. The molecule has 4 rings (SSSR count). The zero-order valence-electron chi connectivity index (χ0n) is 16.4. The molecule has 0 radical (unpaired) electrons. The van der Waals surface area contributed by atoms with Gasteiger partial charge in [0.05, 0.1) is 5.39 Å². The van der Waals surface area contributed by atoms with Crippen LogP contribution in [0.5, 0.6) is 0 Å². The zero-order valence-corrected chi connectivity index (χ0v) is 18.8. The topological polar surface area (TPSA) is 37.8 Å². The molecule has 0 saturated carbocycles. The second kappa shape index (κ2) is 7.64. The molecule has 0 aliphatic rings. The second-order valence-corrected chi connectivity index (χ2v) is 9.06. The third kappa shape index (κ3) is 3.45. The predicted octanol–water partition coefficient (Wildman–Crippen LogP) is 7.35. The molecule has 0 amide bonds. The van der Waals surface area contributed by atoms with E-state index in [9.17, 15) is 0 Å². The minimum absolute atomic E-state index is 0.869.